The van der Waals surface area contributed by atoms with Gasteiger partial charge in [-0.2, -0.15) is 0 Å². The van der Waals surface area contributed by atoms with Crippen molar-refractivity contribution in [2.45, 2.75) is 26.3 Å². The second kappa shape index (κ2) is 6.90. The Morgan fingerprint density at radius 3 is 2.89 bits per heavy atom. The Kier molecular flexibility index (Phi) is 5.51. The van der Waals surface area contributed by atoms with Gasteiger partial charge in [-0.15, -0.1) is 0 Å². The van der Waals surface area contributed by atoms with Crippen molar-refractivity contribution >= 4 is 23.1 Å². The maximum Gasteiger partial charge on any atom is 0.261 e. The van der Waals surface area contributed by atoms with Crippen molar-refractivity contribution in [3.63, 3.8) is 0 Å². The first kappa shape index (κ1) is 14.4. The van der Waals surface area contributed by atoms with E-state index in [0.29, 0.717) is 6.54 Å². The summed E-state index contributed by atoms with van der Waals surface area (Å²) in [6, 6.07) is 3.20. The summed E-state index contributed by atoms with van der Waals surface area (Å²) in [5.74, 6) is -0.189. The molecule has 3 N–H and O–H groups in total. The summed E-state index contributed by atoms with van der Waals surface area (Å²) in [5.41, 5.74) is 5.35. The van der Waals surface area contributed by atoms with Crippen LogP contribution in [0.1, 0.15) is 25.3 Å². The lowest BCUT2D eigenvalue weighted by Crippen LogP contribution is -2.35. The van der Waals surface area contributed by atoms with Gasteiger partial charge in [0.1, 0.15) is 11.5 Å². The molecule has 1 rings (SSSR count). The summed E-state index contributed by atoms with van der Waals surface area (Å²) >= 11 is 4.77. The van der Waals surface area contributed by atoms with E-state index in [1.54, 1.807) is 18.3 Å². The number of carbonyl (C=O) groups is 1. The van der Waals surface area contributed by atoms with E-state index < -0.39 is 0 Å². The van der Waals surface area contributed by atoms with Crippen LogP contribution in [0.3, 0.4) is 0 Å². The molecule has 1 amide bonds. The van der Waals surface area contributed by atoms with Crippen molar-refractivity contribution in [2.75, 3.05) is 6.54 Å². The lowest BCUT2D eigenvalue weighted by Gasteiger charge is -2.08. The summed E-state index contributed by atoms with van der Waals surface area (Å²) in [6.45, 7) is 2.65. The highest BCUT2D eigenvalue weighted by Gasteiger charge is 2.08. The van der Waals surface area contributed by atoms with Gasteiger partial charge >= 0.3 is 0 Å². The average Bonchev–Trinajstić information content (AvgIpc) is 2.32. The lowest BCUT2D eigenvalue weighted by atomic mass is 10.3. The molecule has 98 valence electrons. The monoisotopic (exact) mass is 267 g/mol. The SMILES string of the molecule is CCCCNC(=O)Cn1cccc(C(N)=S)c1=O. The van der Waals surface area contributed by atoms with E-state index in [9.17, 15) is 9.59 Å². The molecule has 1 aromatic heterocycles. The third-order valence-electron chi connectivity index (χ3n) is 2.45. The average molecular weight is 267 g/mol. The van der Waals surface area contributed by atoms with Crippen LogP contribution >= 0.6 is 12.2 Å². The van der Waals surface area contributed by atoms with E-state index in [1.807, 2.05) is 6.92 Å². The van der Waals surface area contributed by atoms with Gasteiger partial charge in [-0.25, -0.2) is 0 Å². The first-order chi connectivity index (χ1) is 8.56. The third kappa shape index (κ3) is 3.96. The minimum Gasteiger partial charge on any atom is -0.389 e. The molecule has 0 spiro atoms. The van der Waals surface area contributed by atoms with Crippen LogP contribution in [0, 0.1) is 0 Å². The molecule has 0 fully saturated rings. The van der Waals surface area contributed by atoms with Crippen LogP contribution in [0.2, 0.25) is 0 Å². The number of unbranched alkanes of at least 4 members (excludes halogenated alkanes) is 1. The number of aromatic nitrogens is 1. The number of carbonyl (C=O) groups excluding carboxylic acids is 1. The first-order valence-corrected chi connectivity index (χ1v) is 6.23. The smallest absolute Gasteiger partial charge is 0.261 e. The standard InChI is InChI=1S/C12H17N3O2S/c1-2-3-6-14-10(16)8-15-7-4-5-9(11(13)18)12(15)17/h4-5,7H,2-3,6,8H2,1H3,(H2,13,18)(H,14,16). The Morgan fingerprint density at radius 2 is 2.28 bits per heavy atom. The molecule has 5 nitrogen and oxygen atoms in total. The molecule has 0 bridgehead atoms. The number of nitrogens with zero attached hydrogens (tertiary/aromatic N) is 1. The molecule has 18 heavy (non-hydrogen) atoms. The quantitative estimate of drug-likeness (QED) is 0.578. The molecule has 6 heteroatoms. The number of nitrogens with one attached hydrogen (secondary N) is 1. The summed E-state index contributed by atoms with van der Waals surface area (Å²) in [7, 11) is 0. The number of pyridine rings is 1. The number of rotatable bonds is 6. The lowest BCUT2D eigenvalue weighted by molar-refractivity contribution is -0.121. The summed E-state index contributed by atoms with van der Waals surface area (Å²) in [6.07, 6.45) is 3.48. The van der Waals surface area contributed by atoms with Crippen molar-refractivity contribution in [1.82, 2.24) is 9.88 Å². The molecule has 0 aliphatic rings. The summed E-state index contributed by atoms with van der Waals surface area (Å²) < 4.78 is 1.30. The zero-order valence-electron chi connectivity index (χ0n) is 10.3. The highest BCUT2D eigenvalue weighted by Crippen LogP contribution is 1.92. The van der Waals surface area contributed by atoms with Crippen LogP contribution in [0.25, 0.3) is 0 Å². The molecule has 0 aliphatic carbocycles. The van der Waals surface area contributed by atoms with Gasteiger partial charge < -0.3 is 15.6 Å². The highest BCUT2D eigenvalue weighted by atomic mass is 32.1. The van der Waals surface area contributed by atoms with E-state index >= 15 is 0 Å². The molecular weight excluding hydrogens is 250 g/mol. The van der Waals surface area contributed by atoms with E-state index in [2.05, 4.69) is 5.32 Å². The van der Waals surface area contributed by atoms with Crippen molar-refractivity contribution in [3.05, 3.63) is 34.2 Å². The second-order valence-electron chi connectivity index (χ2n) is 3.92. The zero-order valence-corrected chi connectivity index (χ0v) is 11.1. The molecule has 1 heterocycles. The van der Waals surface area contributed by atoms with Crippen LogP contribution in [-0.2, 0) is 11.3 Å². The first-order valence-electron chi connectivity index (χ1n) is 5.82. The van der Waals surface area contributed by atoms with Crippen molar-refractivity contribution in [2.24, 2.45) is 5.73 Å². The molecule has 0 aromatic carbocycles. The molecule has 0 saturated carbocycles. The van der Waals surface area contributed by atoms with Crippen LogP contribution in [0.15, 0.2) is 23.1 Å². The van der Waals surface area contributed by atoms with Crippen LogP contribution < -0.4 is 16.6 Å². The van der Waals surface area contributed by atoms with Crippen molar-refractivity contribution in [3.8, 4) is 0 Å². The second-order valence-corrected chi connectivity index (χ2v) is 4.36. The number of nitrogens with two attached hydrogens (primary N) is 1. The fourth-order valence-electron chi connectivity index (χ4n) is 1.46. The minimum atomic E-state index is -0.337. The van der Waals surface area contributed by atoms with Gasteiger partial charge in [0.15, 0.2) is 0 Å². The van der Waals surface area contributed by atoms with Crippen LogP contribution in [-0.4, -0.2) is 22.0 Å². The molecule has 0 saturated heterocycles. The van der Waals surface area contributed by atoms with E-state index in [4.69, 9.17) is 18.0 Å². The topological polar surface area (TPSA) is 77.1 Å². The third-order valence-corrected chi connectivity index (χ3v) is 2.67. The number of thiocarbonyl (C=S) groups is 1. The van der Waals surface area contributed by atoms with Gasteiger partial charge in [0.25, 0.3) is 5.56 Å². The van der Waals surface area contributed by atoms with Gasteiger partial charge in [-0.1, -0.05) is 25.6 Å². The summed E-state index contributed by atoms with van der Waals surface area (Å²) in [5, 5.41) is 2.75. The van der Waals surface area contributed by atoms with Gasteiger partial charge in [0, 0.05) is 12.7 Å². The maximum atomic E-state index is 11.9. The van der Waals surface area contributed by atoms with Gasteiger partial charge in [-0.05, 0) is 18.6 Å². The van der Waals surface area contributed by atoms with Crippen LogP contribution in [0.4, 0.5) is 0 Å². The Hall–Kier alpha value is -1.69. The van der Waals surface area contributed by atoms with Crippen molar-refractivity contribution < 1.29 is 4.79 Å². The van der Waals surface area contributed by atoms with Gasteiger partial charge in [0.2, 0.25) is 5.91 Å². The maximum absolute atomic E-state index is 11.9. The predicted molar refractivity (Wildman–Crippen MR) is 74.5 cm³/mol. The van der Waals surface area contributed by atoms with Crippen molar-refractivity contribution in [1.29, 1.82) is 0 Å². The van der Waals surface area contributed by atoms with E-state index in [1.165, 1.54) is 4.57 Å². The highest BCUT2D eigenvalue weighted by molar-refractivity contribution is 7.80. The van der Waals surface area contributed by atoms with Gasteiger partial charge in [-0.3, -0.25) is 9.59 Å². The Bertz CT molecular complexity index is 496. The number of hydrogen-bond donors (Lipinski definition) is 2. The Balaban J connectivity index is 2.73. The fourth-order valence-corrected chi connectivity index (χ4v) is 1.62. The molecule has 0 radical (unpaired) electrons. The fraction of sp³-hybridized carbons (Fsp3) is 0.417. The number of hydrogen-bond acceptors (Lipinski definition) is 3. The van der Waals surface area contributed by atoms with Gasteiger partial charge in [0.05, 0.1) is 5.56 Å². The van der Waals surface area contributed by atoms with E-state index in [-0.39, 0.29) is 28.6 Å². The predicted octanol–water partition coefficient (Wildman–Crippen LogP) is 0.399. The Labute approximate surface area is 111 Å². The zero-order chi connectivity index (χ0) is 13.5. The molecular formula is C12H17N3O2S. The molecule has 0 atom stereocenters. The van der Waals surface area contributed by atoms with E-state index in [0.717, 1.165) is 12.8 Å². The Morgan fingerprint density at radius 1 is 1.56 bits per heavy atom. The number of amides is 1. The molecule has 0 aliphatic heterocycles. The normalized spacial score (nSPS) is 10.1. The molecule has 1 aromatic rings. The minimum absolute atomic E-state index is 0.0149. The summed E-state index contributed by atoms with van der Waals surface area (Å²) in [4.78, 5) is 23.5. The van der Waals surface area contributed by atoms with Crippen LogP contribution in [0.5, 0.6) is 0 Å². The largest absolute Gasteiger partial charge is 0.389 e. The molecule has 0 unspecified atom stereocenters.